The van der Waals surface area contributed by atoms with E-state index in [0.29, 0.717) is 16.7 Å². The summed E-state index contributed by atoms with van der Waals surface area (Å²) in [6, 6.07) is 7.39. The second-order valence-electron chi connectivity index (χ2n) is 7.27. The fourth-order valence-corrected chi connectivity index (χ4v) is 5.23. The minimum Gasteiger partial charge on any atom is -0.355 e. The van der Waals surface area contributed by atoms with Gasteiger partial charge in [0.05, 0.1) is 5.25 Å². The first-order valence-corrected chi connectivity index (χ1v) is 11.6. The molecule has 1 aliphatic carbocycles. The van der Waals surface area contributed by atoms with Gasteiger partial charge in [0.1, 0.15) is 0 Å². The standard InChI is InChI=1S/C20H27N5O2S2/c1-13(18(27)21-12-15-7-4-3-5-8-15)28-20-25-24-19(29-20)23-17-10-6-9-16(11-17)22-14(2)26/h6,9-11,13,15H,3-5,7-8,12H2,1-2H3,(H,21,27)(H,22,26)(H,23,24). The van der Waals surface area contributed by atoms with Crippen LogP contribution in [0.2, 0.25) is 0 Å². The van der Waals surface area contributed by atoms with Crippen LogP contribution in [0.25, 0.3) is 0 Å². The number of amides is 2. The summed E-state index contributed by atoms with van der Waals surface area (Å²) < 4.78 is 0.742. The van der Waals surface area contributed by atoms with Crippen LogP contribution in [0.5, 0.6) is 0 Å². The zero-order valence-electron chi connectivity index (χ0n) is 16.7. The molecule has 0 saturated heterocycles. The molecule has 2 aromatic rings. The van der Waals surface area contributed by atoms with Crippen LogP contribution >= 0.6 is 23.1 Å². The molecular weight excluding hydrogens is 406 g/mol. The van der Waals surface area contributed by atoms with Crippen molar-refractivity contribution in [3.05, 3.63) is 24.3 Å². The minimum absolute atomic E-state index is 0.0493. The van der Waals surface area contributed by atoms with Crippen molar-refractivity contribution >= 4 is 51.4 Å². The first-order valence-electron chi connectivity index (χ1n) is 9.92. The highest BCUT2D eigenvalue weighted by Gasteiger charge is 2.19. The number of nitrogens with one attached hydrogen (secondary N) is 3. The number of hydrogen-bond acceptors (Lipinski definition) is 7. The highest BCUT2D eigenvalue weighted by atomic mass is 32.2. The molecule has 1 aromatic carbocycles. The Morgan fingerprint density at radius 3 is 2.72 bits per heavy atom. The van der Waals surface area contributed by atoms with E-state index in [9.17, 15) is 9.59 Å². The van der Waals surface area contributed by atoms with Gasteiger partial charge in [0.2, 0.25) is 16.9 Å². The second-order valence-corrected chi connectivity index (χ2v) is 9.83. The zero-order chi connectivity index (χ0) is 20.6. The van der Waals surface area contributed by atoms with Crippen molar-refractivity contribution in [2.24, 2.45) is 5.92 Å². The van der Waals surface area contributed by atoms with Crippen LogP contribution in [0.1, 0.15) is 46.0 Å². The van der Waals surface area contributed by atoms with Gasteiger partial charge in [0, 0.05) is 24.8 Å². The lowest BCUT2D eigenvalue weighted by Gasteiger charge is -2.22. The number of hydrogen-bond donors (Lipinski definition) is 3. The lowest BCUT2D eigenvalue weighted by Crippen LogP contribution is -2.35. The maximum atomic E-state index is 12.4. The van der Waals surface area contributed by atoms with Crippen LogP contribution in [0.15, 0.2) is 28.6 Å². The van der Waals surface area contributed by atoms with E-state index in [1.165, 1.54) is 62.1 Å². The average Bonchev–Trinajstić information content (AvgIpc) is 3.13. The molecule has 0 aliphatic heterocycles. The van der Waals surface area contributed by atoms with Crippen molar-refractivity contribution in [2.45, 2.75) is 55.5 Å². The quantitative estimate of drug-likeness (QED) is 0.534. The molecule has 7 nitrogen and oxygen atoms in total. The Bertz CT molecular complexity index is 836. The molecule has 1 saturated carbocycles. The smallest absolute Gasteiger partial charge is 0.233 e. The first-order chi connectivity index (χ1) is 14.0. The first kappa shape index (κ1) is 21.6. The summed E-state index contributed by atoms with van der Waals surface area (Å²) >= 11 is 2.82. The van der Waals surface area contributed by atoms with Crippen molar-refractivity contribution < 1.29 is 9.59 Å². The average molecular weight is 434 g/mol. The molecule has 1 atom stereocenters. The van der Waals surface area contributed by atoms with Gasteiger partial charge in [-0.1, -0.05) is 48.4 Å². The third kappa shape index (κ3) is 7.01. The molecule has 1 fully saturated rings. The summed E-state index contributed by atoms with van der Waals surface area (Å²) in [7, 11) is 0. The number of anilines is 3. The van der Waals surface area contributed by atoms with E-state index in [0.717, 1.165) is 16.6 Å². The predicted octanol–water partition coefficient (Wildman–Crippen LogP) is 4.42. The van der Waals surface area contributed by atoms with Gasteiger partial charge in [-0.3, -0.25) is 9.59 Å². The number of nitrogens with zero attached hydrogens (tertiary/aromatic N) is 2. The largest absolute Gasteiger partial charge is 0.355 e. The SMILES string of the molecule is CC(=O)Nc1cccc(Nc2nnc(SC(C)C(=O)NCC3CCCCC3)s2)c1. The molecule has 0 spiro atoms. The molecular formula is C20H27N5O2S2. The van der Waals surface area contributed by atoms with Crippen molar-refractivity contribution in [3.8, 4) is 0 Å². The van der Waals surface area contributed by atoms with Gasteiger partial charge in [0.15, 0.2) is 4.34 Å². The van der Waals surface area contributed by atoms with E-state index < -0.39 is 0 Å². The van der Waals surface area contributed by atoms with Gasteiger partial charge in [-0.05, 0) is 43.9 Å². The number of carbonyl (C=O) groups is 2. The molecule has 9 heteroatoms. The van der Waals surface area contributed by atoms with Crippen molar-refractivity contribution in [1.29, 1.82) is 0 Å². The predicted molar refractivity (Wildman–Crippen MR) is 119 cm³/mol. The fourth-order valence-electron chi connectivity index (χ4n) is 3.29. The van der Waals surface area contributed by atoms with E-state index in [2.05, 4.69) is 26.1 Å². The third-order valence-corrected chi connectivity index (χ3v) is 6.80. The van der Waals surface area contributed by atoms with E-state index >= 15 is 0 Å². The fraction of sp³-hybridized carbons (Fsp3) is 0.500. The van der Waals surface area contributed by atoms with Crippen molar-refractivity contribution in [2.75, 3.05) is 17.2 Å². The Balaban J connectivity index is 1.49. The van der Waals surface area contributed by atoms with Crippen LogP contribution in [0, 0.1) is 5.92 Å². The number of thioether (sulfide) groups is 1. The molecule has 29 heavy (non-hydrogen) atoms. The summed E-state index contributed by atoms with van der Waals surface area (Å²) in [6.07, 6.45) is 6.31. The van der Waals surface area contributed by atoms with E-state index in [1.807, 2.05) is 31.2 Å². The molecule has 2 amide bonds. The second kappa shape index (κ2) is 10.6. The van der Waals surface area contributed by atoms with Gasteiger partial charge < -0.3 is 16.0 Å². The van der Waals surface area contributed by atoms with Crippen LogP contribution < -0.4 is 16.0 Å². The van der Waals surface area contributed by atoms with E-state index in [-0.39, 0.29) is 17.1 Å². The number of benzene rings is 1. The zero-order valence-corrected chi connectivity index (χ0v) is 18.4. The minimum atomic E-state index is -0.220. The molecule has 1 unspecified atom stereocenters. The summed E-state index contributed by atoms with van der Waals surface area (Å²) in [5.74, 6) is 0.552. The third-order valence-electron chi connectivity index (χ3n) is 4.78. The van der Waals surface area contributed by atoms with Gasteiger partial charge in [-0.25, -0.2) is 0 Å². The van der Waals surface area contributed by atoms with Gasteiger partial charge >= 0.3 is 0 Å². The molecule has 3 rings (SSSR count). The number of aromatic nitrogens is 2. The highest BCUT2D eigenvalue weighted by Crippen LogP contribution is 2.31. The summed E-state index contributed by atoms with van der Waals surface area (Å²) in [5, 5.41) is 17.8. The van der Waals surface area contributed by atoms with E-state index in [1.54, 1.807) is 0 Å². The van der Waals surface area contributed by atoms with Crippen LogP contribution in [0.4, 0.5) is 16.5 Å². The van der Waals surface area contributed by atoms with Crippen LogP contribution in [0.3, 0.4) is 0 Å². The van der Waals surface area contributed by atoms with Gasteiger partial charge in [-0.15, -0.1) is 10.2 Å². The molecule has 1 aliphatic rings. The Hall–Kier alpha value is -2.13. The highest BCUT2D eigenvalue weighted by molar-refractivity contribution is 8.02. The van der Waals surface area contributed by atoms with Crippen LogP contribution in [-0.2, 0) is 9.59 Å². The van der Waals surface area contributed by atoms with Crippen molar-refractivity contribution in [1.82, 2.24) is 15.5 Å². The van der Waals surface area contributed by atoms with Crippen molar-refractivity contribution in [3.63, 3.8) is 0 Å². The normalized spacial score (nSPS) is 15.5. The molecule has 156 valence electrons. The lowest BCUT2D eigenvalue weighted by molar-refractivity contribution is -0.120. The monoisotopic (exact) mass is 433 g/mol. The Kier molecular flexibility index (Phi) is 7.88. The molecule has 1 heterocycles. The van der Waals surface area contributed by atoms with Gasteiger partial charge in [0.25, 0.3) is 0 Å². The topological polar surface area (TPSA) is 96.0 Å². The Labute approximate surface area is 179 Å². The summed E-state index contributed by atoms with van der Waals surface area (Å²) in [5.41, 5.74) is 1.52. The Morgan fingerprint density at radius 2 is 1.97 bits per heavy atom. The molecule has 1 aromatic heterocycles. The lowest BCUT2D eigenvalue weighted by atomic mass is 9.89. The summed E-state index contributed by atoms with van der Waals surface area (Å²) in [6.45, 7) is 4.14. The summed E-state index contributed by atoms with van der Waals surface area (Å²) in [4.78, 5) is 23.6. The number of carbonyl (C=O) groups excluding carboxylic acids is 2. The maximum Gasteiger partial charge on any atom is 0.233 e. The molecule has 3 N–H and O–H groups in total. The Morgan fingerprint density at radius 1 is 1.21 bits per heavy atom. The molecule has 0 radical (unpaired) electrons. The van der Waals surface area contributed by atoms with E-state index in [4.69, 9.17) is 0 Å². The van der Waals surface area contributed by atoms with Gasteiger partial charge in [-0.2, -0.15) is 0 Å². The molecule has 0 bridgehead atoms. The maximum absolute atomic E-state index is 12.4. The van der Waals surface area contributed by atoms with Crippen LogP contribution in [-0.4, -0.2) is 33.8 Å². The number of rotatable bonds is 8.